The number of carbonyl (C=O) groups excluding carboxylic acids is 1. The number of aromatic nitrogens is 4. The lowest BCUT2D eigenvalue weighted by atomic mass is 10.4. The van der Waals surface area contributed by atoms with Crippen molar-refractivity contribution in [2.75, 3.05) is 12.3 Å². The predicted molar refractivity (Wildman–Crippen MR) is 61.5 cm³/mol. The largest absolute Gasteiger partial charge is 0.392 e. The van der Waals surface area contributed by atoms with Gasteiger partial charge in [-0.1, -0.05) is 11.8 Å². The smallest absolute Gasteiger partial charge is 0.230 e. The monoisotopic (exact) mass is 257 g/mol. The van der Waals surface area contributed by atoms with Gasteiger partial charge < -0.3 is 10.4 Å². The Kier molecular flexibility index (Phi) is 3.95. The Balaban J connectivity index is 1.77. The summed E-state index contributed by atoms with van der Waals surface area (Å²) in [6.45, 7) is 1.90. The second-order valence-electron chi connectivity index (χ2n) is 4.08. The highest BCUT2D eigenvalue weighted by atomic mass is 32.2. The molecule has 2 N–H and O–H groups in total. The summed E-state index contributed by atoms with van der Waals surface area (Å²) in [4.78, 5) is 11.4. The van der Waals surface area contributed by atoms with Crippen LogP contribution < -0.4 is 5.32 Å². The van der Waals surface area contributed by atoms with Crippen LogP contribution in [0, 0.1) is 0 Å². The zero-order valence-corrected chi connectivity index (χ0v) is 10.4. The number of hydrogen-bond acceptors (Lipinski definition) is 6. The highest BCUT2D eigenvalue weighted by Crippen LogP contribution is 2.36. The quantitative estimate of drug-likeness (QED) is 0.673. The van der Waals surface area contributed by atoms with E-state index in [1.807, 2.05) is 0 Å². The van der Waals surface area contributed by atoms with Crippen LogP contribution in [0.4, 0.5) is 0 Å². The van der Waals surface area contributed by atoms with E-state index in [9.17, 15) is 4.79 Å². The number of tetrazole rings is 1. The van der Waals surface area contributed by atoms with E-state index in [4.69, 9.17) is 5.11 Å². The summed E-state index contributed by atoms with van der Waals surface area (Å²) in [5.41, 5.74) is 0. The summed E-state index contributed by atoms with van der Waals surface area (Å²) in [5, 5.41) is 23.7. The van der Waals surface area contributed by atoms with E-state index in [-0.39, 0.29) is 18.2 Å². The molecule has 0 saturated heterocycles. The van der Waals surface area contributed by atoms with Gasteiger partial charge in [0.15, 0.2) is 0 Å². The molecule has 0 bridgehead atoms. The van der Waals surface area contributed by atoms with Gasteiger partial charge in [0.1, 0.15) is 0 Å². The first-order valence-corrected chi connectivity index (χ1v) is 6.51. The maximum atomic E-state index is 11.4. The Morgan fingerprint density at radius 2 is 2.47 bits per heavy atom. The number of nitrogens with one attached hydrogen (secondary N) is 1. The van der Waals surface area contributed by atoms with Gasteiger partial charge in [0.05, 0.1) is 17.9 Å². The van der Waals surface area contributed by atoms with Crippen molar-refractivity contribution in [3.63, 3.8) is 0 Å². The first-order chi connectivity index (χ1) is 8.16. The molecule has 94 valence electrons. The zero-order chi connectivity index (χ0) is 12.3. The highest BCUT2D eigenvalue weighted by molar-refractivity contribution is 7.99. The van der Waals surface area contributed by atoms with Crippen LogP contribution in [0.1, 0.15) is 25.8 Å². The summed E-state index contributed by atoms with van der Waals surface area (Å²) in [6.07, 6.45) is 1.68. The number of aliphatic hydroxyl groups is 1. The molecule has 1 fully saturated rings. The van der Waals surface area contributed by atoms with Gasteiger partial charge >= 0.3 is 0 Å². The van der Waals surface area contributed by atoms with Gasteiger partial charge in [-0.3, -0.25) is 4.79 Å². The van der Waals surface area contributed by atoms with Crippen molar-refractivity contribution in [2.24, 2.45) is 0 Å². The van der Waals surface area contributed by atoms with Gasteiger partial charge in [0, 0.05) is 6.54 Å². The molecule has 0 aromatic carbocycles. The molecule has 7 nitrogen and oxygen atoms in total. The molecule has 1 amide bonds. The topological polar surface area (TPSA) is 92.9 Å². The van der Waals surface area contributed by atoms with Crippen LogP contribution in [-0.2, 0) is 4.79 Å². The zero-order valence-electron chi connectivity index (χ0n) is 9.54. The summed E-state index contributed by atoms with van der Waals surface area (Å²) in [6, 6.07) is 0.410. The molecular weight excluding hydrogens is 242 g/mol. The lowest BCUT2D eigenvalue weighted by Gasteiger charge is -2.06. The van der Waals surface area contributed by atoms with E-state index in [1.165, 1.54) is 11.8 Å². The summed E-state index contributed by atoms with van der Waals surface area (Å²) in [7, 11) is 0. The van der Waals surface area contributed by atoms with Crippen LogP contribution in [0.2, 0.25) is 0 Å². The molecule has 1 aromatic rings. The minimum Gasteiger partial charge on any atom is -0.392 e. The maximum absolute atomic E-state index is 11.4. The standard InChI is InChI=1S/C9H15N5O2S/c1-6(15)4-10-8(16)5-17-9-11-12-13-14(9)7-2-3-7/h6-7,15H,2-5H2,1H3,(H,10,16). The molecule has 1 aromatic heterocycles. The normalized spacial score (nSPS) is 16.8. The van der Waals surface area contributed by atoms with Crippen molar-refractivity contribution < 1.29 is 9.90 Å². The van der Waals surface area contributed by atoms with Crippen LogP contribution in [0.15, 0.2) is 5.16 Å². The van der Waals surface area contributed by atoms with Crippen LogP contribution in [0.5, 0.6) is 0 Å². The fourth-order valence-corrected chi connectivity index (χ4v) is 2.05. The molecular formula is C9H15N5O2S. The average molecular weight is 257 g/mol. The SMILES string of the molecule is CC(O)CNC(=O)CSc1nnnn1C1CC1. The van der Waals surface area contributed by atoms with Crippen molar-refractivity contribution in [1.29, 1.82) is 0 Å². The molecule has 1 unspecified atom stereocenters. The number of hydrogen-bond donors (Lipinski definition) is 2. The van der Waals surface area contributed by atoms with E-state index >= 15 is 0 Å². The van der Waals surface area contributed by atoms with E-state index < -0.39 is 6.10 Å². The molecule has 8 heteroatoms. The molecule has 0 aliphatic heterocycles. The number of thioether (sulfide) groups is 1. The fourth-order valence-electron chi connectivity index (χ4n) is 1.27. The summed E-state index contributed by atoms with van der Waals surface area (Å²) >= 11 is 1.31. The van der Waals surface area contributed by atoms with Crippen LogP contribution >= 0.6 is 11.8 Å². The summed E-state index contributed by atoms with van der Waals surface area (Å²) in [5.74, 6) is 0.140. The van der Waals surface area contributed by atoms with Gasteiger partial charge in [-0.05, 0) is 30.2 Å². The Hall–Kier alpha value is -1.15. The third-order valence-corrected chi connectivity index (χ3v) is 3.22. The number of carbonyl (C=O) groups is 1. The number of amides is 1. The molecule has 2 rings (SSSR count). The molecule has 1 heterocycles. The van der Waals surface area contributed by atoms with Crippen molar-refractivity contribution >= 4 is 17.7 Å². The lowest BCUT2D eigenvalue weighted by Crippen LogP contribution is -2.31. The second kappa shape index (κ2) is 5.46. The number of rotatable bonds is 6. The van der Waals surface area contributed by atoms with Crippen LogP contribution in [0.25, 0.3) is 0 Å². The van der Waals surface area contributed by atoms with Crippen LogP contribution in [-0.4, -0.2) is 49.6 Å². The van der Waals surface area contributed by atoms with Gasteiger partial charge in [0.2, 0.25) is 11.1 Å². The van der Waals surface area contributed by atoms with Gasteiger partial charge in [-0.25, -0.2) is 4.68 Å². The molecule has 17 heavy (non-hydrogen) atoms. The van der Waals surface area contributed by atoms with E-state index in [1.54, 1.807) is 11.6 Å². The second-order valence-corrected chi connectivity index (χ2v) is 5.02. The molecule has 1 aliphatic carbocycles. The van der Waals surface area contributed by atoms with E-state index in [0.29, 0.717) is 11.2 Å². The Morgan fingerprint density at radius 3 is 3.12 bits per heavy atom. The van der Waals surface area contributed by atoms with Gasteiger partial charge in [-0.15, -0.1) is 5.10 Å². The minimum absolute atomic E-state index is 0.124. The van der Waals surface area contributed by atoms with E-state index in [0.717, 1.165) is 12.8 Å². The van der Waals surface area contributed by atoms with Crippen molar-refractivity contribution in [3.8, 4) is 0 Å². The number of nitrogens with zero attached hydrogens (tertiary/aromatic N) is 4. The predicted octanol–water partition coefficient (Wildman–Crippen LogP) is -0.403. The maximum Gasteiger partial charge on any atom is 0.230 e. The minimum atomic E-state index is -0.527. The van der Waals surface area contributed by atoms with E-state index in [2.05, 4.69) is 20.8 Å². The van der Waals surface area contributed by atoms with Crippen molar-refractivity contribution in [3.05, 3.63) is 0 Å². The Morgan fingerprint density at radius 1 is 1.71 bits per heavy atom. The highest BCUT2D eigenvalue weighted by Gasteiger charge is 2.28. The average Bonchev–Trinajstić information content (AvgIpc) is 3.03. The molecule has 1 aliphatic rings. The van der Waals surface area contributed by atoms with Crippen molar-refractivity contribution in [2.45, 2.75) is 37.1 Å². The first kappa shape index (κ1) is 12.3. The van der Waals surface area contributed by atoms with Crippen LogP contribution in [0.3, 0.4) is 0 Å². The molecule has 1 saturated carbocycles. The van der Waals surface area contributed by atoms with Gasteiger partial charge in [0.25, 0.3) is 0 Å². The fraction of sp³-hybridized carbons (Fsp3) is 0.778. The lowest BCUT2D eigenvalue weighted by molar-refractivity contribution is -0.118. The first-order valence-electron chi connectivity index (χ1n) is 5.52. The Bertz CT molecular complexity index is 390. The number of aliphatic hydroxyl groups excluding tert-OH is 1. The molecule has 1 atom stereocenters. The van der Waals surface area contributed by atoms with Crippen molar-refractivity contribution in [1.82, 2.24) is 25.5 Å². The van der Waals surface area contributed by atoms with Gasteiger partial charge in [-0.2, -0.15) is 0 Å². The molecule has 0 spiro atoms. The third-order valence-electron chi connectivity index (χ3n) is 2.28. The summed E-state index contributed by atoms with van der Waals surface area (Å²) < 4.78 is 1.77. The third kappa shape index (κ3) is 3.67. The molecule has 0 radical (unpaired) electrons. The Labute approximate surface area is 103 Å².